The number of methoxy groups -OCH3 is 1. The van der Waals surface area contributed by atoms with Gasteiger partial charge < -0.3 is 15.2 Å². The van der Waals surface area contributed by atoms with Gasteiger partial charge in [0.15, 0.2) is 0 Å². The van der Waals surface area contributed by atoms with Crippen molar-refractivity contribution in [3.05, 3.63) is 58.5 Å². The molecule has 1 atom stereocenters. The predicted octanol–water partition coefficient (Wildman–Crippen LogP) is 2.98. The first-order chi connectivity index (χ1) is 11.8. The van der Waals surface area contributed by atoms with Crippen molar-refractivity contribution in [1.82, 2.24) is 0 Å². The van der Waals surface area contributed by atoms with Gasteiger partial charge in [0, 0.05) is 23.1 Å². The van der Waals surface area contributed by atoms with Gasteiger partial charge in [-0.1, -0.05) is 50.3 Å². The van der Waals surface area contributed by atoms with Gasteiger partial charge in [-0.3, -0.25) is 0 Å². The number of rotatable bonds is 3. The average molecular weight is 325 g/mol. The summed E-state index contributed by atoms with van der Waals surface area (Å²) in [6, 6.07) is 14.2. The molecule has 1 aliphatic heterocycles. The Bertz CT molecular complexity index is 768. The molecule has 0 aliphatic carbocycles. The monoisotopic (exact) mass is 325 g/mol. The number of hydrogen-bond donors (Lipinski definition) is 1. The lowest BCUT2D eigenvalue weighted by Gasteiger charge is -2.25. The summed E-state index contributed by atoms with van der Waals surface area (Å²) >= 11 is 0. The SMILES string of the molecule is CC.COc1cccc(=C/N)/c1=C\CC1CCc2ccccc2O1. The fourth-order valence-corrected chi connectivity index (χ4v) is 2.90. The summed E-state index contributed by atoms with van der Waals surface area (Å²) in [7, 11) is 1.68. The lowest BCUT2D eigenvalue weighted by Crippen LogP contribution is -2.29. The zero-order chi connectivity index (χ0) is 17.4. The van der Waals surface area contributed by atoms with Crippen molar-refractivity contribution in [2.75, 3.05) is 7.11 Å². The predicted molar refractivity (Wildman–Crippen MR) is 101 cm³/mol. The van der Waals surface area contributed by atoms with Crippen LogP contribution in [-0.4, -0.2) is 13.2 Å². The second kappa shape index (κ2) is 9.02. The summed E-state index contributed by atoms with van der Waals surface area (Å²) in [5.41, 5.74) is 7.01. The van der Waals surface area contributed by atoms with Crippen LogP contribution in [0, 0.1) is 0 Å². The van der Waals surface area contributed by atoms with Crippen LogP contribution in [0.1, 0.15) is 32.3 Å². The molecule has 0 radical (unpaired) electrons. The molecular weight excluding hydrogens is 298 g/mol. The number of hydrogen-bond acceptors (Lipinski definition) is 3. The molecule has 2 N–H and O–H groups in total. The van der Waals surface area contributed by atoms with Gasteiger partial charge in [-0.05, 0) is 30.5 Å². The number of aryl methyl sites for hydroxylation is 1. The third-order valence-corrected chi connectivity index (χ3v) is 4.09. The van der Waals surface area contributed by atoms with E-state index in [0.717, 1.165) is 41.2 Å². The van der Waals surface area contributed by atoms with E-state index in [9.17, 15) is 0 Å². The molecule has 0 saturated carbocycles. The molecule has 3 heteroatoms. The smallest absolute Gasteiger partial charge is 0.126 e. The minimum Gasteiger partial charge on any atom is -0.496 e. The molecule has 24 heavy (non-hydrogen) atoms. The second-order valence-electron chi connectivity index (χ2n) is 5.46. The molecule has 0 amide bonds. The van der Waals surface area contributed by atoms with Crippen molar-refractivity contribution in [1.29, 1.82) is 0 Å². The van der Waals surface area contributed by atoms with Gasteiger partial charge in [-0.2, -0.15) is 0 Å². The Morgan fingerprint density at radius 1 is 1.17 bits per heavy atom. The summed E-state index contributed by atoms with van der Waals surface area (Å²) in [4.78, 5) is 0. The summed E-state index contributed by atoms with van der Waals surface area (Å²) in [6.45, 7) is 4.00. The van der Waals surface area contributed by atoms with Gasteiger partial charge in [0.1, 0.15) is 17.6 Å². The highest BCUT2D eigenvalue weighted by Crippen LogP contribution is 2.28. The molecule has 3 nitrogen and oxygen atoms in total. The van der Waals surface area contributed by atoms with Crippen molar-refractivity contribution >= 4 is 12.3 Å². The highest BCUT2D eigenvalue weighted by atomic mass is 16.5. The maximum absolute atomic E-state index is 6.09. The van der Waals surface area contributed by atoms with E-state index in [1.54, 1.807) is 13.3 Å². The van der Waals surface area contributed by atoms with Crippen molar-refractivity contribution < 1.29 is 9.47 Å². The Balaban J connectivity index is 0.00000100. The molecule has 1 aliphatic rings. The van der Waals surface area contributed by atoms with Crippen LogP contribution in [0.25, 0.3) is 12.3 Å². The van der Waals surface area contributed by atoms with E-state index in [2.05, 4.69) is 18.2 Å². The first-order valence-corrected chi connectivity index (χ1v) is 8.61. The van der Waals surface area contributed by atoms with Gasteiger partial charge in [-0.25, -0.2) is 0 Å². The Morgan fingerprint density at radius 3 is 2.71 bits per heavy atom. The van der Waals surface area contributed by atoms with E-state index in [4.69, 9.17) is 15.2 Å². The standard InChI is InChI=1S/C19H21NO2.C2H6/c1-21-19-8-4-6-15(13-20)17(19)12-11-16-10-9-14-5-2-3-7-18(14)22-16;1-2/h2-8,12-13,16H,9-11,20H2,1H3;1-2H3/b15-13-,17-12+;. The average Bonchev–Trinajstić information content (AvgIpc) is 2.67. The molecule has 1 heterocycles. The topological polar surface area (TPSA) is 44.5 Å². The zero-order valence-electron chi connectivity index (χ0n) is 14.8. The van der Waals surface area contributed by atoms with E-state index in [-0.39, 0.29) is 6.10 Å². The van der Waals surface area contributed by atoms with Gasteiger partial charge in [0.2, 0.25) is 0 Å². The lowest BCUT2D eigenvalue weighted by molar-refractivity contribution is 0.180. The maximum atomic E-state index is 6.09. The molecule has 128 valence electrons. The van der Waals surface area contributed by atoms with E-state index in [0.29, 0.717) is 0 Å². The Kier molecular flexibility index (Phi) is 6.74. The molecule has 1 unspecified atom stereocenters. The molecule has 2 aromatic rings. The van der Waals surface area contributed by atoms with Gasteiger partial charge in [0.05, 0.1) is 7.11 Å². The first-order valence-electron chi connectivity index (χ1n) is 8.61. The number of nitrogens with two attached hydrogens (primary N) is 1. The Hall–Kier alpha value is -2.42. The van der Waals surface area contributed by atoms with Gasteiger partial charge in [-0.15, -0.1) is 0 Å². The zero-order valence-corrected chi connectivity index (χ0v) is 14.8. The lowest BCUT2D eigenvalue weighted by atomic mass is 10.00. The van der Waals surface area contributed by atoms with Crippen LogP contribution in [0.2, 0.25) is 0 Å². The molecule has 0 fully saturated rings. The maximum Gasteiger partial charge on any atom is 0.126 e. The fraction of sp³-hybridized carbons (Fsp3) is 0.333. The minimum atomic E-state index is 0.199. The van der Waals surface area contributed by atoms with Crippen LogP contribution >= 0.6 is 0 Å². The molecule has 0 bridgehead atoms. The van der Waals surface area contributed by atoms with Gasteiger partial charge >= 0.3 is 0 Å². The molecule has 0 aromatic heterocycles. The normalized spacial score (nSPS) is 17.4. The van der Waals surface area contributed by atoms with Crippen LogP contribution < -0.4 is 25.6 Å². The fourth-order valence-electron chi connectivity index (χ4n) is 2.90. The summed E-state index contributed by atoms with van der Waals surface area (Å²) < 4.78 is 11.5. The largest absolute Gasteiger partial charge is 0.496 e. The molecular formula is C21H27NO2. The highest BCUT2D eigenvalue weighted by molar-refractivity contribution is 5.40. The van der Waals surface area contributed by atoms with Crippen LogP contribution in [0.5, 0.6) is 11.5 Å². The summed E-state index contributed by atoms with van der Waals surface area (Å²) in [5, 5.41) is 2.02. The van der Waals surface area contributed by atoms with Crippen molar-refractivity contribution in [2.24, 2.45) is 5.73 Å². The Labute approximate surface area is 144 Å². The number of benzene rings is 2. The van der Waals surface area contributed by atoms with Crippen molar-refractivity contribution in [3.8, 4) is 11.5 Å². The van der Waals surface area contributed by atoms with Crippen molar-refractivity contribution in [2.45, 2.75) is 39.2 Å². The van der Waals surface area contributed by atoms with E-state index < -0.39 is 0 Å². The van der Waals surface area contributed by atoms with Gasteiger partial charge in [0.25, 0.3) is 0 Å². The highest BCUT2D eigenvalue weighted by Gasteiger charge is 2.18. The number of ether oxygens (including phenoxy) is 2. The minimum absolute atomic E-state index is 0.199. The third-order valence-electron chi connectivity index (χ3n) is 4.09. The first kappa shape index (κ1) is 17.9. The van der Waals surface area contributed by atoms with E-state index in [1.807, 2.05) is 44.2 Å². The summed E-state index contributed by atoms with van der Waals surface area (Å²) in [5.74, 6) is 1.85. The van der Waals surface area contributed by atoms with Crippen LogP contribution in [-0.2, 0) is 6.42 Å². The Morgan fingerprint density at radius 2 is 1.96 bits per heavy atom. The van der Waals surface area contributed by atoms with Crippen molar-refractivity contribution in [3.63, 3.8) is 0 Å². The second-order valence-corrected chi connectivity index (χ2v) is 5.46. The quantitative estimate of drug-likeness (QED) is 0.943. The third kappa shape index (κ3) is 4.10. The number of para-hydroxylation sites is 1. The number of fused-ring (bicyclic) bond motifs is 1. The molecule has 3 rings (SSSR count). The molecule has 0 saturated heterocycles. The van der Waals surface area contributed by atoms with E-state index >= 15 is 0 Å². The molecule has 2 aromatic carbocycles. The molecule has 0 spiro atoms. The summed E-state index contributed by atoms with van der Waals surface area (Å²) in [6.07, 6.45) is 6.92. The van der Waals surface area contributed by atoms with Crippen LogP contribution in [0.4, 0.5) is 0 Å². The van der Waals surface area contributed by atoms with E-state index in [1.165, 1.54) is 5.56 Å². The van der Waals surface area contributed by atoms with Crippen LogP contribution in [0.15, 0.2) is 42.5 Å². The van der Waals surface area contributed by atoms with Crippen LogP contribution in [0.3, 0.4) is 0 Å².